The molecule has 2 rings (SSSR count). The Morgan fingerprint density at radius 2 is 1.86 bits per heavy atom. The first-order valence-corrected chi connectivity index (χ1v) is 7.03. The maximum absolute atomic E-state index is 12.0. The molecule has 1 heterocycles. The molecule has 0 fully saturated rings. The van der Waals surface area contributed by atoms with Crippen LogP contribution in [0.5, 0.6) is 0 Å². The molecule has 2 N–H and O–H groups in total. The van der Waals surface area contributed by atoms with Gasteiger partial charge < -0.3 is 15.1 Å². The number of carbonyl (C=O) groups excluding carboxylic acids is 1. The monoisotopic (exact) mass is 301 g/mol. The molecule has 0 aliphatic rings. The average Bonchev–Trinajstić information content (AvgIpc) is 3.02. The van der Waals surface area contributed by atoms with Crippen molar-refractivity contribution >= 4 is 12.0 Å². The van der Waals surface area contributed by atoms with Gasteiger partial charge in [0.2, 0.25) is 5.91 Å². The smallest absolute Gasteiger partial charge is 0.246 e. The minimum Gasteiger partial charge on any atom is -0.395 e. The molecular formula is C16H19N3O3. The number of hydrogen-bond donors (Lipinski definition) is 2. The Morgan fingerprint density at radius 3 is 2.50 bits per heavy atom. The Kier molecular flexibility index (Phi) is 5.88. The Balaban J connectivity index is 2.04. The second-order valence-corrected chi connectivity index (χ2v) is 4.66. The molecule has 22 heavy (non-hydrogen) atoms. The lowest BCUT2D eigenvalue weighted by Crippen LogP contribution is -2.34. The van der Waals surface area contributed by atoms with E-state index in [0.717, 1.165) is 11.3 Å². The highest BCUT2D eigenvalue weighted by atomic mass is 16.3. The van der Waals surface area contributed by atoms with Gasteiger partial charge in [0.05, 0.1) is 25.1 Å². The number of para-hydroxylation sites is 1. The number of aromatic nitrogens is 2. The predicted octanol–water partition coefficient (Wildman–Crippen LogP) is 0.699. The molecule has 0 atom stereocenters. The number of amides is 1. The van der Waals surface area contributed by atoms with E-state index in [1.165, 1.54) is 11.0 Å². The maximum Gasteiger partial charge on any atom is 0.246 e. The van der Waals surface area contributed by atoms with Gasteiger partial charge in [-0.05, 0) is 18.2 Å². The molecule has 1 amide bonds. The number of aliphatic hydroxyl groups excluding tert-OH is 2. The van der Waals surface area contributed by atoms with E-state index < -0.39 is 0 Å². The van der Waals surface area contributed by atoms with Crippen LogP contribution >= 0.6 is 0 Å². The molecule has 0 saturated heterocycles. The fourth-order valence-electron chi connectivity index (χ4n) is 1.99. The third-order valence-corrected chi connectivity index (χ3v) is 3.09. The van der Waals surface area contributed by atoms with Gasteiger partial charge in [0.1, 0.15) is 0 Å². The molecule has 6 heteroatoms. The van der Waals surface area contributed by atoms with Crippen molar-refractivity contribution in [3.05, 3.63) is 54.4 Å². The second kappa shape index (κ2) is 8.11. The van der Waals surface area contributed by atoms with Crippen LogP contribution in [0.2, 0.25) is 0 Å². The van der Waals surface area contributed by atoms with Crippen LogP contribution in [0.4, 0.5) is 0 Å². The summed E-state index contributed by atoms with van der Waals surface area (Å²) < 4.78 is 1.73. The second-order valence-electron chi connectivity index (χ2n) is 4.66. The maximum atomic E-state index is 12.0. The van der Waals surface area contributed by atoms with Gasteiger partial charge in [-0.15, -0.1) is 0 Å². The zero-order chi connectivity index (χ0) is 15.8. The van der Waals surface area contributed by atoms with Crippen LogP contribution in [-0.4, -0.2) is 57.1 Å². The van der Waals surface area contributed by atoms with Crippen molar-refractivity contribution in [3.8, 4) is 5.69 Å². The van der Waals surface area contributed by atoms with Crippen LogP contribution in [0, 0.1) is 0 Å². The number of carbonyl (C=O) groups is 1. The summed E-state index contributed by atoms with van der Waals surface area (Å²) in [6.07, 6.45) is 6.56. The molecule has 0 unspecified atom stereocenters. The van der Waals surface area contributed by atoms with Gasteiger partial charge in [0.15, 0.2) is 0 Å². The lowest BCUT2D eigenvalue weighted by atomic mass is 10.3. The van der Waals surface area contributed by atoms with Crippen molar-refractivity contribution in [2.45, 2.75) is 0 Å². The number of hydrogen-bond acceptors (Lipinski definition) is 4. The fraction of sp³-hybridized carbons (Fsp3) is 0.250. The largest absolute Gasteiger partial charge is 0.395 e. The first-order valence-electron chi connectivity index (χ1n) is 7.03. The Morgan fingerprint density at radius 1 is 1.18 bits per heavy atom. The summed E-state index contributed by atoms with van der Waals surface area (Å²) in [5.41, 5.74) is 1.74. The fourth-order valence-corrected chi connectivity index (χ4v) is 1.99. The number of rotatable bonds is 7. The summed E-state index contributed by atoms with van der Waals surface area (Å²) in [7, 11) is 0. The number of aliphatic hydroxyl groups is 2. The van der Waals surface area contributed by atoms with E-state index in [2.05, 4.69) is 5.10 Å². The van der Waals surface area contributed by atoms with E-state index in [9.17, 15) is 4.79 Å². The van der Waals surface area contributed by atoms with Crippen LogP contribution in [-0.2, 0) is 4.79 Å². The molecule has 2 aromatic rings. The molecule has 1 aromatic carbocycles. The Bertz CT molecular complexity index is 617. The zero-order valence-corrected chi connectivity index (χ0v) is 12.2. The molecule has 0 radical (unpaired) electrons. The summed E-state index contributed by atoms with van der Waals surface area (Å²) in [6.45, 7) is 0.136. The van der Waals surface area contributed by atoms with Crippen LogP contribution in [0.3, 0.4) is 0 Å². The van der Waals surface area contributed by atoms with E-state index >= 15 is 0 Å². The highest BCUT2D eigenvalue weighted by Gasteiger charge is 2.08. The lowest BCUT2D eigenvalue weighted by Gasteiger charge is -2.18. The van der Waals surface area contributed by atoms with E-state index in [1.54, 1.807) is 17.0 Å². The van der Waals surface area contributed by atoms with Gasteiger partial charge in [-0.2, -0.15) is 5.10 Å². The number of nitrogens with zero attached hydrogens (tertiary/aromatic N) is 3. The normalized spacial score (nSPS) is 11.0. The predicted molar refractivity (Wildman–Crippen MR) is 83.3 cm³/mol. The van der Waals surface area contributed by atoms with Crippen molar-refractivity contribution < 1.29 is 15.0 Å². The minimum atomic E-state index is -0.254. The van der Waals surface area contributed by atoms with Gasteiger partial charge >= 0.3 is 0 Å². The highest BCUT2D eigenvalue weighted by molar-refractivity contribution is 5.91. The summed E-state index contributed by atoms with van der Waals surface area (Å²) in [6, 6.07) is 9.67. The SMILES string of the molecule is O=C(/C=C/c1cnn(-c2ccccc2)c1)N(CCO)CCO. The van der Waals surface area contributed by atoms with Crippen LogP contribution in [0.15, 0.2) is 48.8 Å². The third-order valence-electron chi connectivity index (χ3n) is 3.09. The van der Waals surface area contributed by atoms with Crippen LogP contribution < -0.4 is 0 Å². The zero-order valence-electron chi connectivity index (χ0n) is 12.2. The molecular weight excluding hydrogens is 282 g/mol. The molecule has 0 spiro atoms. The van der Waals surface area contributed by atoms with Gasteiger partial charge in [-0.3, -0.25) is 4.79 Å². The molecule has 0 bridgehead atoms. The standard InChI is InChI=1S/C16H19N3O3/c20-10-8-18(9-11-21)16(22)7-6-14-12-17-19(13-14)15-4-2-1-3-5-15/h1-7,12-13,20-21H,8-11H2/b7-6+. The molecule has 116 valence electrons. The van der Waals surface area contributed by atoms with Gasteiger partial charge in [0, 0.05) is 30.9 Å². The minimum absolute atomic E-state index is 0.133. The van der Waals surface area contributed by atoms with Crippen molar-refractivity contribution in [2.24, 2.45) is 0 Å². The van der Waals surface area contributed by atoms with Gasteiger partial charge in [-0.25, -0.2) is 4.68 Å². The first kappa shape index (κ1) is 15.9. The average molecular weight is 301 g/mol. The van der Waals surface area contributed by atoms with Gasteiger partial charge in [0.25, 0.3) is 0 Å². The van der Waals surface area contributed by atoms with Crippen molar-refractivity contribution in [1.29, 1.82) is 0 Å². The van der Waals surface area contributed by atoms with Crippen molar-refractivity contribution in [3.63, 3.8) is 0 Å². The number of benzene rings is 1. The van der Waals surface area contributed by atoms with Crippen LogP contribution in [0.25, 0.3) is 11.8 Å². The Hall–Kier alpha value is -2.44. The summed E-state index contributed by atoms with van der Waals surface area (Å²) in [5, 5.41) is 22.1. The molecule has 0 saturated carbocycles. The van der Waals surface area contributed by atoms with Crippen LogP contribution in [0.1, 0.15) is 5.56 Å². The van der Waals surface area contributed by atoms with E-state index in [4.69, 9.17) is 10.2 Å². The molecule has 6 nitrogen and oxygen atoms in total. The molecule has 1 aromatic heterocycles. The van der Waals surface area contributed by atoms with Crippen molar-refractivity contribution in [1.82, 2.24) is 14.7 Å². The van der Waals surface area contributed by atoms with E-state index in [-0.39, 0.29) is 32.2 Å². The van der Waals surface area contributed by atoms with Crippen molar-refractivity contribution in [2.75, 3.05) is 26.3 Å². The third kappa shape index (κ3) is 4.28. The Labute approximate surface area is 128 Å². The summed E-state index contributed by atoms with van der Waals surface area (Å²) >= 11 is 0. The molecule has 0 aliphatic heterocycles. The quantitative estimate of drug-likeness (QED) is 0.738. The summed E-state index contributed by atoms with van der Waals surface area (Å²) in [4.78, 5) is 13.3. The lowest BCUT2D eigenvalue weighted by molar-refractivity contribution is -0.126. The first-order chi connectivity index (χ1) is 10.7. The summed E-state index contributed by atoms with van der Waals surface area (Å²) in [5.74, 6) is -0.254. The van der Waals surface area contributed by atoms with Gasteiger partial charge in [-0.1, -0.05) is 18.2 Å². The topological polar surface area (TPSA) is 78.6 Å². The van der Waals surface area contributed by atoms with E-state index in [1.807, 2.05) is 36.5 Å². The molecule has 0 aliphatic carbocycles. The van der Waals surface area contributed by atoms with E-state index in [0.29, 0.717) is 0 Å². The highest BCUT2D eigenvalue weighted by Crippen LogP contribution is 2.09.